The summed E-state index contributed by atoms with van der Waals surface area (Å²) in [5.41, 5.74) is 1.01. The molecular weight excluding hydrogens is 318 g/mol. The molecule has 1 aliphatic heterocycles. The minimum atomic E-state index is -0.367. The molecule has 0 aromatic heterocycles. The molecule has 0 spiro atoms. The van der Waals surface area contributed by atoms with Gasteiger partial charge < -0.3 is 4.74 Å². The number of hydrogen-bond acceptors (Lipinski definition) is 4. The molecule has 1 heterocycles. The molecule has 4 unspecified atom stereocenters. The van der Waals surface area contributed by atoms with E-state index in [1.807, 2.05) is 6.92 Å². The largest absolute Gasteiger partial charge is 0.462 e. The van der Waals surface area contributed by atoms with Crippen LogP contribution >= 0.6 is 0 Å². The molecule has 1 aromatic carbocycles. The van der Waals surface area contributed by atoms with Gasteiger partial charge in [0.2, 0.25) is 11.8 Å². The van der Waals surface area contributed by atoms with Crippen molar-refractivity contribution in [2.75, 3.05) is 11.5 Å². The number of carbonyl (C=O) groups excluding carboxylic acids is 3. The van der Waals surface area contributed by atoms with Crippen LogP contribution in [0.1, 0.15) is 49.4 Å². The van der Waals surface area contributed by atoms with Crippen LogP contribution in [0.3, 0.4) is 0 Å². The maximum absolute atomic E-state index is 12.8. The van der Waals surface area contributed by atoms with Crippen molar-refractivity contribution in [3.05, 3.63) is 29.8 Å². The molecule has 5 heteroatoms. The highest BCUT2D eigenvalue weighted by Crippen LogP contribution is 2.56. The summed E-state index contributed by atoms with van der Waals surface area (Å²) in [5, 5.41) is 0. The van der Waals surface area contributed by atoms with E-state index in [4.69, 9.17) is 4.74 Å². The predicted molar refractivity (Wildman–Crippen MR) is 91.9 cm³/mol. The second-order valence-electron chi connectivity index (χ2n) is 7.43. The molecule has 2 aliphatic carbocycles. The Labute approximate surface area is 147 Å². The number of imide groups is 1. The maximum Gasteiger partial charge on any atom is 0.338 e. The van der Waals surface area contributed by atoms with E-state index in [0.717, 1.165) is 32.1 Å². The third kappa shape index (κ3) is 2.57. The highest BCUT2D eigenvalue weighted by Gasteiger charge is 2.61. The predicted octanol–water partition coefficient (Wildman–Crippen LogP) is 3.18. The Balaban J connectivity index is 1.50. The van der Waals surface area contributed by atoms with Crippen molar-refractivity contribution in [2.24, 2.45) is 23.7 Å². The molecule has 4 atom stereocenters. The van der Waals surface area contributed by atoms with Crippen molar-refractivity contribution in [3.8, 4) is 0 Å². The van der Waals surface area contributed by atoms with Gasteiger partial charge in [0, 0.05) is 0 Å². The lowest BCUT2D eigenvalue weighted by molar-refractivity contribution is -0.123. The Morgan fingerprint density at radius 3 is 2.24 bits per heavy atom. The van der Waals surface area contributed by atoms with Crippen LogP contribution < -0.4 is 4.90 Å². The quantitative estimate of drug-likeness (QED) is 0.469. The van der Waals surface area contributed by atoms with E-state index in [2.05, 4.69) is 0 Å². The van der Waals surface area contributed by atoms with E-state index < -0.39 is 0 Å². The molecular formula is C20H23NO4. The minimum Gasteiger partial charge on any atom is -0.462 e. The second-order valence-corrected chi connectivity index (χ2v) is 7.43. The molecule has 3 aliphatic rings. The first kappa shape index (κ1) is 16.3. The number of esters is 1. The second kappa shape index (κ2) is 6.28. The lowest BCUT2D eigenvalue weighted by Crippen LogP contribution is -2.32. The molecule has 132 valence electrons. The number of nitrogens with zero attached hydrogens (tertiary/aromatic N) is 1. The van der Waals surface area contributed by atoms with Crippen molar-refractivity contribution in [1.82, 2.24) is 0 Å². The highest BCUT2D eigenvalue weighted by molar-refractivity contribution is 6.22. The van der Waals surface area contributed by atoms with Gasteiger partial charge in [0.05, 0.1) is 29.7 Å². The number of benzene rings is 1. The number of amides is 2. The van der Waals surface area contributed by atoms with Crippen molar-refractivity contribution in [3.63, 3.8) is 0 Å². The van der Waals surface area contributed by atoms with Gasteiger partial charge in [-0.1, -0.05) is 13.3 Å². The minimum absolute atomic E-state index is 0.0551. The Kier molecular flexibility index (Phi) is 4.10. The van der Waals surface area contributed by atoms with Crippen molar-refractivity contribution in [1.29, 1.82) is 0 Å². The fraction of sp³-hybridized carbons (Fsp3) is 0.550. The van der Waals surface area contributed by atoms with Crippen LogP contribution in [-0.2, 0) is 14.3 Å². The van der Waals surface area contributed by atoms with Crippen LogP contribution in [-0.4, -0.2) is 24.4 Å². The molecule has 0 radical (unpaired) electrons. The van der Waals surface area contributed by atoms with Gasteiger partial charge in [-0.05, 0) is 61.8 Å². The molecule has 5 nitrogen and oxygen atoms in total. The summed E-state index contributed by atoms with van der Waals surface area (Å²) in [6.45, 7) is 2.45. The number of hydrogen-bond donors (Lipinski definition) is 0. The zero-order valence-corrected chi connectivity index (χ0v) is 14.4. The van der Waals surface area contributed by atoms with E-state index in [1.54, 1.807) is 24.3 Å². The average molecular weight is 341 g/mol. The topological polar surface area (TPSA) is 63.7 Å². The molecule has 2 saturated carbocycles. The van der Waals surface area contributed by atoms with Gasteiger partial charge in [0.15, 0.2) is 0 Å². The Bertz CT molecular complexity index is 683. The number of carbonyl (C=O) groups is 3. The molecule has 25 heavy (non-hydrogen) atoms. The smallest absolute Gasteiger partial charge is 0.338 e. The third-order valence-corrected chi connectivity index (χ3v) is 6.02. The number of unbranched alkanes of at least 4 members (excludes halogenated alkanes) is 1. The highest BCUT2D eigenvalue weighted by atomic mass is 16.5. The van der Waals surface area contributed by atoms with E-state index in [-0.39, 0.29) is 29.6 Å². The zero-order valence-electron chi connectivity index (χ0n) is 14.4. The first-order chi connectivity index (χ1) is 12.1. The Hall–Kier alpha value is -2.17. The van der Waals surface area contributed by atoms with Crippen LogP contribution in [0, 0.1) is 23.7 Å². The van der Waals surface area contributed by atoms with Gasteiger partial charge in [-0.25, -0.2) is 4.79 Å². The average Bonchev–Trinajstić information content (AvgIpc) is 3.29. The van der Waals surface area contributed by atoms with Gasteiger partial charge in [-0.2, -0.15) is 0 Å². The molecule has 2 bridgehead atoms. The van der Waals surface area contributed by atoms with E-state index in [9.17, 15) is 14.4 Å². The Morgan fingerprint density at radius 2 is 1.68 bits per heavy atom. The lowest BCUT2D eigenvalue weighted by atomic mass is 9.81. The van der Waals surface area contributed by atoms with Crippen LogP contribution in [0.15, 0.2) is 24.3 Å². The monoisotopic (exact) mass is 341 g/mol. The Morgan fingerprint density at radius 1 is 1.08 bits per heavy atom. The van der Waals surface area contributed by atoms with E-state index in [1.165, 1.54) is 4.90 Å². The third-order valence-electron chi connectivity index (χ3n) is 6.02. The van der Waals surface area contributed by atoms with Gasteiger partial charge in [-0.3, -0.25) is 14.5 Å². The molecule has 2 amide bonds. The summed E-state index contributed by atoms with van der Waals surface area (Å²) < 4.78 is 5.19. The number of fused-ring (bicyclic) bond motifs is 5. The summed E-state index contributed by atoms with van der Waals surface area (Å²) in [7, 11) is 0. The summed E-state index contributed by atoms with van der Waals surface area (Å²) in [6.07, 6.45) is 4.98. The van der Waals surface area contributed by atoms with Gasteiger partial charge in [0.25, 0.3) is 0 Å². The van der Waals surface area contributed by atoms with Crippen molar-refractivity contribution in [2.45, 2.75) is 39.0 Å². The SMILES string of the molecule is CCCCOC(=O)c1ccc(N2C(=O)C3C4CCC(C4)C3C2=O)cc1. The molecule has 1 saturated heterocycles. The standard InChI is InChI=1S/C20H23NO4/c1-2-3-10-25-20(24)12-6-8-15(9-7-12)21-18(22)16-13-4-5-14(11-13)17(16)19(21)23/h6-9,13-14,16-17H,2-5,10-11H2,1H3. The van der Waals surface area contributed by atoms with Gasteiger partial charge >= 0.3 is 5.97 Å². The lowest BCUT2D eigenvalue weighted by Gasteiger charge is -2.19. The molecule has 4 rings (SSSR count). The summed E-state index contributed by atoms with van der Waals surface area (Å²) in [5.74, 6) is 0.0401. The summed E-state index contributed by atoms with van der Waals surface area (Å²) >= 11 is 0. The van der Waals surface area contributed by atoms with Gasteiger partial charge in [-0.15, -0.1) is 0 Å². The number of rotatable bonds is 5. The number of anilines is 1. The number of ether oxygens (including phenoxy) is 1. The van der Waals surface area contributed by atoms with Crippen LogP contribution in [0.2, 0.25) is 0 Å². The van der Waals surface area contributed by atoms with Crippen LogP contribution in [0.5, 0.6) is 0 Å². The molecule has 3 fully saturated rings. The van der Waals surface area contributed by atoms with Crippen LogP contribution in [0.4, 0.5) is 5.69 Å². The van der Waals surface area contributed by atoms with E-state index >= 15 is 0 Å². The van der Waals surface area contributed by atoms with Crippen LogP contribution in [0.25, 0.3) is 0 Å². The molecule has 0 N–H and O–H groups in total. The zero-order chi connectivity index (χ0) is 17.6. The van der Waals surface area contributed by atoms with Gasteiger partial charge in [0.1, 0.15) is 0 Å². The summed E-state index contributed by atoms with van der Waals surface area (Å²) in [4.78, 5) is 38.9. The fourth-order valence-corrected chi connectivity index (χ4v) is 4.80. The van der Waals surface area contributed by atoms with Crippen molar-refractivity contribution >= 4 is 23.5 Å². The molecule has 1 aromatic rings. The normalized spacial score (nSPS) is 30.0. The maximum atomic E-state index is 12.8. The first-order valence-corrected chi connectivity index (χ1v) is 9.26. The van der Waals surface area contributed by atoms with E-state index in [0.29, 0.717) is 29.7 Å². The fourth-order valence-electron chi connectivity index (χ4n) is 4.80. The van der Waals surface area contributed by atoms with Crippen molar-refractivity contribution < 1.29 is 19.1 Å². The summed E-state index contributed by atoms with van der Waals surface area (Å²) in [6, 6.07) is 6.62. The first-order valence-electron chi connectivity index (χ1n) is 9.26.